The number of H-pyrrole nitrogens is 1. The number of nitrogens with zero attached hydrogens (tertiary/aromatic N) is 1. The molecule has 1 aromatic rings. The second-order valence-corrected chi connectivity index (χ2v) is 1.84. The van der Waals surface area contributed by atoms with E-state index in [9.17, 15) is 8.42 Å². The summed E-state index contributed by atoms with van der Waals surface area (Å²) in [6.45, 7) is 0. The molecule has 5 nitrogen and oxygen atoms in total. The molecule has 0 fully saturated rings. The third-order valence-corrected chi connectivity index (χ3v) is 0.956. The Kier molecular flexibility index (Phi) is 1.69. The normalized spacial score (nSPS) is 9.89. The molecule has 50 valence electrons. The van der Waals surface area contributed by atoms with Crippen LogP contribution in [0.3, 0.4) is 0 Å². The van der Waals surface area contributed by atoms with Gasteiger partial charge in [-0.2, -0.15) is 8.42 Å². The highest BCUT2D eigenvalue weighted by atomic mass is 32.2. The van der Waals surface area contributed by atoms with Crippen LogP contribution in [-0.2, 0) is 11.0 Å². The highest BCUT2D eigenvalue weighted by Gasteiger charge is 1.91. The molecule has 0 aliphatic heterocycles. The molecule has 0 saturated carbocycles. The van der Waals surface area contributed by atoms with Crippen molar-refractivity contribution in [1.82, 2.24) is 9.97 Å². The zero-order chi connectivity index (χ0) is 6.69. The lowest BCUT2D eigenvalue weighted by Gasteiger charge is -1.85. The van der Waals surface area contributed by atoms with E-state index < -0.39 is 11.0 Å². The van der Waals surface area contributed by atoms with E-state index in [4.69, 9.17) is 0 Å². The van der Waals surface area contributed by atoms with Crippen molar-refractivity contribution in [2.45, 2.75) is 0 Å². The van der Waals surface area contributed by atoms with Crippen molar-refractivity contribution in [3.63, 3.8) is 0 Å². The first-order chi connectivity index (χ1) is 4.29. The van der Waals surface area contributed by atoms with Crippen molar-refractivity contribution < 1.29 is 12.6 Å². The highest BCUT2D eigenvalue weighted by Crippen LogP contribution is 1.96. The van der Waals surface area contributed by atoms with Crippen molar-refractivity contribution in [2.75, 3.05) is 0 Å². The van der Waals surface area contributed by atoms with E-state index in [0.717, 1.165) is 0 Å². The van der Waals surface area contributed by atoms with Gasteiger partial charge in [0.1, 0.15) is 0 Å². The minimum atomic E-state index is -2.84. The summed E-state index contributed by atoms with van der Waals surface area (Å²) in [5, 5.41) is 0. The molecule has 6 heteroatoms. The van der Waals surface area contributed by atoms with Gasteiger partial charge in [-0.3, -0.25) is 0 Å². The summed E-state index contributed by atoms with van der Waals surface area (Å²) in [6, 6.07) is -0.00823. The Morgan fingerprint density at radius 2 is 2.44 bits per heavy atom. The van der Waals surface area contributed by atoms with Crippen LogP contribution >= 0.6 is 0 Å². The Labute approximate surface area is 52.8 Å². The lowest BCUT2D eigenvalue weighted by atomic mass is 11.0. The predicted molar refractivity (Wildman–Crippen MR) is 29.5 cm³/mol. The van der Waals surface area contributed by atoms with Crippen LogP contribution in [0.4, 0.5) is 0 Å². The van der Waals surface area contributed by atoms with E-state index in [0.29, 0.717) is 0 Å². The van der Waals surface area contributed by atoms with Gasteiger partial charge in [0.05, 0.1) is 0 Å². The maximum atomic E-state index is 9.82. The molecule has 1 N–H and O–H groups in total. The molecule has 0 bridgehead atoms. The molecule has 0 atom stereocenters. The van der Waals surface area contributed by atoms with Crippen molar-refractivity contribution in [3.05, 3.63) is 12.4 Å². The third kappa shape index (κ3) is 1.73. The van der Waals surface area contributed by atoms with E-state index >= 15 is 0 Å². The minimum Gasteiger partial charge on any atom is -0.347 e. The van der Waals surface area contributed by atoms with Gasteiger partial charge in [0.25, 0.3) is 0 Å². The summed E-state index contributed by atoms with van der Waals surface area (Å²) in [4.78, 5) is 5.95. The molecule has 0 aliphatic rings. The first-order valence-electron chi connectivity index (χ1n) is 2.11. The number of hydrogen-bond donors (Lipinski definition) is 2. The first-order valence-corrected chi connectivity index (χ1v) is 3.20. The number of nitrogens with one attached hydrogen (secondary N) is 1. The number of thiol groups is 1. The largest absolute Gasteiger partial charge is 0.347 e. The van der Waals surface area contributed by atoms with Gasteiger partial charge in [-0.05, 0) is 0 Å². The van der Waals surface area contributed by atoms with Gasteiger partial charge >= 0.3 is 17.0 Å². The summed E-state index contributed by atoms with van der Waals surface area (Å²) in [7, 11) is -2.84. The second-order valence-electron chi connectivity index (χ2n) is 1.21. The van der Waals surface area contributed by atoms with Gasteiger partial charge in [-0.1, -0.05) is 0 Å². The highest BCUT2D eigenvalue weighted by molar-refractivity contribution is 7.67. The van der Waals surface area contributed by atoms with Crippen LogP contribution in [0.2, 0.25) is 0 Å². The molecule has 1 rings (SSSR count). The van der Waals surface area contributed by atoms with Crippen molar-refractivity contribution >= 4 is 11.0 Å². The summed E-state index contributed by atoms with van der Waals surface area (Å²) in [5.41, 5.74) is 0. The summed E-state index contributed by atoms with van der Waals surface area (Å²) in [6.07, 6.45) is 2.86. The summed E-state index contributed by atoms with van der Waals surface area (Å²) >= 11 is 0. The summed E-state index contributed by atoms with van der Waals surface area (Å²) in [5.74, 6) is 0. The molecular weight excluding hydrogens is 144 g/mol. The fraction of sp³-hybridized carbons (Fsp3) is 0. The minimum absolute atomic E-state index is 0.00823. The van der Waals surface area contributed by atoms with Crippen LogP contribution in [0.25, 0.3) is 0 Å². The van der Waals surface area contributed by atoms with Crippen LogP contribution in [-0.4, -0.2) is 18.4 Å². The van der Waals surface area contributed by atoms with Gasteiger partial charge in [0.2, 0.25) is 0 Å². The Morgan fingerprint density at radius 3 is 2.89 bits per heavy atom. The molecule has 0 unspecified atom stereocenters. The van der Waals surface area contributed by atoms with Crippen molar-refractivity contribution in [2.24, 2.45) is 0 Å². The van der Waals surface area contributed by atoms with Crippen molar-refractivity contribution in [1.29, 1.82) is 0 Å². The molecule has 0 radical (unpaired) electrons. The van der Waals surface area contributed by atoms with Gasteiger partial charge < -0.3 is 9.17 Å². The quantitative estimate of drug-likeness (QED) is 0.545. The zero-order valence-electron chi connectivity index (χ0n) is 4.27. The van der Waals surface area contributed by atoms with E-state index in [-0.39, 0.29) is 6.01 Å². The number of aromatic amines is 1. The summed E-state index contributed by atoms with van der Waals surface area (Å²) < 4.78 is 23.8. The van der Waals surface area contributed by atoms with Crippen molar-refractivity contribution in [3.8, 4) is 6.01 Å². The number of aromatic nitrogens is 2. The van der Waals surface area contributed by atoms with Gasteiger partial charge in [0, 0.05) is 12.4 Å². The maximum absolute atomic E-state index is 9.82. The molecule has 0 aromatic carbocycles. The Morgan fingerprint density at radius 1 is 1.67 bits per heavy atom. The standard InChI is InChI=1S/C3H4N2O3S/c6-9(7)8-3-4-1-2-5-3/h1-2,9H,(H,4,5). The lowest BCUT2D eigenvalue weighted by Crippen LogP contribution is -1.90. The number of imidazole rings is 1. The SMILES string of the molecule is O=[SH](=O)Oc1ncc[nH]1. The first kappa shape index (κ1) is 6.09. The maximum Gasteiger partial charge on any atom is 0.310 e. The fourth-order valence-electron chi connectivity index (χ4n) is 0.371. The molecule has 9 heavy (non-hydrogen) atoms. The lowest BCUT2D eigenvalue weighted by molar-refractivity contribution is 0.490. The van der Waals surface area contributed by atoms with Crippen LogP contribution in [0.5, 0.6) is 6.01 Å². The van der Waals surface area contributed by atoms with Gasteiger partial charge in [-0.25, -0.2) is 4.98 Å². The van der Waals surface area contributed by atoms with E-state index in [1.54, 1.807) is 0 Å². The Balaban J connectivity index is 2.68. The van der Waals surface area contributed by atoms with Crippen LogP contribution < -0.4 is 4.18 Å². The van der Waals surface area contributed by atoms with Gasteiger partial charge in [-0.15, -0.1) is 0 Å². The third-order valence-electron chi connectivity index (χ3n) is 0.634. The molecule has 1 aromatic heterocycles. The molecular formula is C3H4N2O3S. The average molecular weight is 148 g/mol. The second kappa shape index (κ2) is 2.49. The van der Waals surface area contributed by atoms with E-state index in [1.807, 2.05) is 0 Å². The molecule has 1 heterocycles. The van der Waals surface area contributed by atoms with Crippen LogP contribution in [0, 0.1) is 0 Å². The molecule has 0 aliphatic carbocycles. The fourth-order valence-corrected chi connectivity index (χ4v) is 0.612. The van der Waals surface area contributed by atoms with E-state index in [1.165, 1.54) is 12.4 Å². The Bertz CT molecular complexity index is 232. The smallest absolute Gasteiger partial charge is 0.310 e. The molecule has 0 amide bonds. The van der Waals surface area contributed by atoms with E-state index in [2.05, 4.69) is 14.2 Å². The molecule has 0 spiro atoms. The Hall–Kier alpha value is -1.04. The number of rotatable bonds is 2. The van der Waals surface area contributed by atoms with Crippen LogP contribution in [0.1, 0.15) is 0 Å². The average Bonchev–Trinajstić information content (AvgIpc) is 2.15. The van der Waals surface area contributed by atoms with Gasteiger partial charge in [0.15, 0.2) is 0 Å². The predicted octanol–water partition coefficient (Wildman–Crippen LogP) is -0.685. The molecule has 0 saturated heterocycles. The topological polar surface area (TPSA) is 72.1 Å². The zero-order valence-corrected chi connectivity index (χ0v) is 5.17. The van der Waals surface area contributed by atoms with Crippen LogP contribution in [0.15, 0.2) is 12.4 Å². The number of hydrogen-bond acceptors (Lipinski definition) is 4. The monoisotopic (exact) mass is 148 g/mol.